The first-order valence-electron chi connectivity index (χ1n) is 12.6. The van der Waals surface area contributed by atoms with E-state index in [1.807, 2.05) is 37.3 Å². The largest absolute Gasteiger partial charge is 0.399 e. The minimum Gasteiger partial charge on any atom is -0.399 e. The number of carbonyl (C=O) groups excluding carboxylic acids is 1. The summed E-state index contributed by atoms with van der Waals surface area (Å²) >= 11 is 0. The number of hydrogen-bond donors (Lipinski definition) is 2. The molecule has 2 aliphatic heterocycles. The van der Waals surface area contributed by atoms with Crippen LogP contribution in [0, 0.1) is 12.8 Å². The number of rotatable bonds is 7. The standard InChI is InChI=1S/C25H35N9O/c1-19-28-29-23-6-7-24(30-34(19)23)33-12-8-20(9-13-33)25(35)27-10-3-11-31-14-16-32(17-15-31)22-5-2-4-21(26)18-22/h2,4-7,18,20H,3,8-17,26H2,1H3,(H,27,35). The van der Waals surface area contributed by atoms with E-state index in [0.717, 1.165) is 94.6 Å². The number of benzene rings is 1. The highest BCUT2D eigenvalue weighted by molar-refractivity contribution is 5.78. The molecule has 0 atom stereocenters. The molecule has 2 aliphatic rings. The molecule has 2 saturated heterocycles. The average molecular weight is 478 g/mol. The number of aromatic nitrogens is 4. The molecule has 4 heterocycles. The SMILES string of the molecule is Cc1nnc2ccc(N3CCC(C(=O)NCCCN4CCN(c5cccc(N)c5)CC4)CC3)nn12. The number of piperidine rings is 1. The maximum atomic E-state index is 12.7. The molecule has 3 N–H and O–H groups in total. The van der Waals surface area contributed by atoms with Crippen molar-refractivity contribution in [1.29, 1.82) is 0 Å². The molecule has 1 amide bonds. The van der Waals surface area contributed by atoms with Gasteiger partial charge in [-0.15, -0.1) is 15.3 Å². The lowest BCUT2D eigenvalue weighted by molar-refractivity contribution is -0.125. The Morgan fingerprint density at radius 1 is 1.03 bits per heavy atom. The molecule has 186 valence electrons. The summed E-state index contributed by atoms with van der Waals surface area (Å²) in [5.41, 5.74) is 8.69. The molecule has 0 radical (unpaired) electrons. The molecule has 1 aromatic carbocycles. The molecule has 0 bridgehead atoms. The van der Waals surface area contributed by atoms with Crippen LogP contribution in [0.15, 0.2) is 36.4 Å². The first-order valence-corrected chi connectivity index (χ1v) is 12.6. The third-order valence-corrected chi connectivity index (χ3v) is 7.15. The second-order valence-corrected chi connectivity index (χ2v) is 9.54. The molecule has 2 fully saturated rings. The number of fused-ring (bicyclic) bond motifs is 1. The van der Waals surface area contributed by atoms with Crippen LogP contribution in [0.4, 0.5) is 17.2 Å². The molecular weight excluding hydrogens is 442 g/mol. The smallest absolute Gasteiger partial charge is 0.223 e. The van der Waals surface area contributed by atoms with Gasteiger partial charge < -0.3 is 20.9 Å². The van der Waals surface area contributed by atoms with Gasteiger partial charge in [0.05, 0.1) is 0 Å². The van der Waals surface area contributed by atoms with E-state index in [4.69, 9.17) is 5.73 Å². The van der Waals surface area contributed by atoms with Crippen LogP contribution in [0.1, 0.15) is 25.1 Å². The van der Waals surface area contributed by atoms with Gasteiger partial charge in [0.15, 0.2) is 11.5 Å². The Bertz CT molecular complexity index is 1150. The number of nitrogens with two attached hydrogens (primary N) is 1. The Morgan fingerprint density at radius 2 is 1.83 bits per heavy atom. The third-order valence-electron chi connectivity index (χ3n) is 7.15. The summed E-state index contributed by atoms with van der Waals surface area (Å²) in [6.07, 6.45) is 2.67. The molecule has 0 saturated carbocycles. The molecule has 35 heavy (non-hydrogen) atoms. The summed E-state index contributed by atoms with van der Waals surface area (Å²) in [6.45, 7) is 9.39. The van der Waals surface area contributed by atoms with E-state index in [-0.39, 0.29) is 11.8 Å². The Labute approximate surface area is 206 Å². The normalized spacial score (nSPS) is 17.7. The van der Waals surface area contributed by atoms with Gasteiger partial charge in [-0.05, 0) is 63.1 Å². The van der Waals surface area contributed by atoms with Gasteiger partial charge in [0.1, 0.15) is 5.82 Å². The van der Waals surface area contributed by atoms with Crippen LogP contribution < -0.4 is 20.9 Å². The molecular formula is C25H35N9O. The Kier molecular flexibility index (Phi) is 6.98. The van der Waals surface area contributed by atoms with Gasteiger partial charge in [-0.1, -0.05) is 6.07 Å². The van der Waals surface area contributed by atoms with Crippen LogP contribution in [0.3, 0.4) is 0 Å². The van der Waals surface area contributed by atoms with E-state index in [0.29, 0.717) is 0 Å². The van der Waals surface area contributed by atoms with Crippen LogP contribution in [0.5, 0.6) is 0 Å². The van der Waals surface area contributed by atoms with Crippen LogP contribution in [0.2, 0.25) is 0 Å². The Balaban J connectivity index is 0.996. The fraction of sp³-hybridized carbons (Fsp3) is 0.520. The van der Waals surface area contributed by atoms with Crippen molar-refractivity contribution in [3.63, 3.8) is 0 Å². The summed E-state index contributed by atoms with van der Waals surface area (Å²) in [4.78, 5) is 19.8. The van der Waals surface area contributed by atoms with Crippen LogP contribution in [0.25, 0.3) is 5.65 Å². The van der Waals surface area contributed by atoms with Crippen molar-refractivity contribution in [2.45, 2.75) is 26.2 Å². The van der Waals surface area contributed by atoms with Gasteiger partial charge in [-0.2, -0.15) is 4.52 Å². The average Bonchev–Trinajstić information content (AvgIpc) is 3.27. The minimum atomic E-state index is 0.0773. The number of anilines is 3. The second kappa shape index (κ2) is 10.5. The van der Waals surface area contributed by atoms with E-state index in [1.165, 1.54) is 5.69 Å². The van der Waals surface area contributed by atoms with Crippen LogP contribution >= 0.6 is 0 Å². The topological polar surface area (TPSA) is 108 Å². The maximum absolute atomic E-state index is 12.7. The lowest BCUT2D eigenvalue weighted by atomic mass is 9.96. The number of nitrogens with one attached hydrogen (secondary N) is 1. The van der Waals surface area contributed by atoms with Gasteiger partial charge in [-0.25, -0.2) is 0 Å². The van der Waals surface area contributed by atoms with E-state index in [1.54, 1.807) is 4.52 Å². The number of nitrogens with zero attached hydrogens (tertiary/aromatic N) is 7. The summed E-state index contributed by atoms with van der Waals surface area (Å²) in [5, 5.41) is 16.0. The summed E-state index contributed by atoms with van der Waals surface area (Å²) in [5.74, 6) is 1.96. The number of carbonyl (C=O) groups is 1. The highest BCUT2D eigenvalue weighted by Crippen LogP contribution is 2.22. The molecule has 10 heteroatoms. The van der Waals surface area contributed by atoms with Crippen LogP contribution in [-0.4, -0.2) is 83.0 Å². The fourth-order valence-electron chi connectivity index (χ4n) is 5.04. The lowest BCUT2D eigenvalue weighted by Gasteiger charge is -2.36. The Hall–Kier alpha value is -3.40. The van der Waals surface area contributed by atoms with Gasteiger partial charge in [0.25, 0.3) is 0 Å². The molecule has 0 aliphatic carbocycles. The predicted octanol–water partition coefficient (Wildman–Crippen LogP) is 1.56. The third kappa shape index (κ3) is 5.48. The molecule has 2 aromatic heterocycles. The van der Waals surface area contributed by atoms with Crippen LogP contribution in [-0.2, 0) is 4.79 Å². The molecule has 0 unspecified atom stereocenters. The number of piperazine rings is 1. The fourth-order valence-corrected chi connectivity index (χ4v) is 5.04. The van der Waals surface area contributed by atoms with Crippen molar-refractivity contribution >= 4 is 28.7 Å². The van der Waals surface area contributed by atoms with Crippen molar-refractivity contribution < 1.29 is 4.79 Å². The lowest BCUT2D eigenvalue weighted by Crippen LogP contribution is -2.47. The van der Waals surface area contributed by atoms with Crippen molar-refractivity contribution in [3.8, 4) is 0 Å². The highest BCUT2D eigenvalue weighted by atomic mass is 16.1. The quantitative estimate of drug-likeness (QED) is 0.390. The monoisotopic (exact) mass is 477 g/mol. The van der Waals surface area contributed by atoms with Gasteiger partial charge in [-0.3, -0.25) is 9.69 Å². The number of aryl methyl sites for hydroxylation is 1. The summed E-state index contributed by atoms with van der Waals surface area (Å²) < 4.78 is 1.77. The minimum absolute atomic E-state index is 0.0773. The Morgan fingerprint density at radius 3 is 2.60 bits per heavy atom. The van der Waals surface area contributed by atoms with Crippen molar-refractivity contribution in [2.24, 2.45) is 5.92 Å². The first-order chi connectivity index (χ1) is 17.1. The zero-order valence-corrected chi connectivity index (χ0v) is 20.4. The predicted molar refractivity (Wildman–Crippen MR) is 138 cm³/mol. The number of hydrogen-bond acceptors (Lipinski definition) is 8. The van der Waals surface area contributed by atoms with Crippen molar-refractivity contribution in [1.82, 2.24) is 30.0 Å². The molecule has 5 rings (SSSR count). The van der Waals surface area contributed by atoms with Gasteiger partial charge >= 0.3 is 0 Å². The first kappa shape index (κ1) is 23.3. The van der Waals surface area contributed by atoms with Crippen molar-refractivity contribution in [3.05, 3.63) is 42.2 Å². The van der Waals surface area contributed by atoms with E-state index in [9.17, 15) is 4.79 Å². The summed E-state index contributed by atoms with van der Waals surface area (Å²) in [6, 6.07) is 12.0. The van der Waals surface area contributed by atoms with Crippen molar-refractivity contribution in [2.75, 3.05) is 67.9 Å². The van der Waals surface area contributed by atoms with E-state index < -0.39 is 0 Å². The number of amides is 1. The second-order valence-electron chi connectivity index (χ2n) is 9.54. The van der Waals surface area contributed by atoms with E-state index in [2.05, 4.69) is 41.4 Å². The number of nitrogen functional groups attached to an aromatic ring is 1. The highest BCUT2D eigenvalue weighted by Gasteiger charge is 2.26. The zero-order chi connectivity index (χ0) is 24.2. The van der Waals surface area contributed by atoms with E-state index >= 15 is 0 Å². The molecule has 10 nitrogen and oxygen atoms in total. The molecule has 3 aromatic rings. The summed E-state index contributed by atoms with van der Waals surface area (Å²) in [7, 11) is 0. The maximum Gasteiger partial charge on any atom is 0.223 e. The molecule has 0 spiro atoms. The van der Waals surface area contributed by atoms with Gasteiger partial charge in [0, 0.05) is 63.1 Å². The zero-order valence-electron chi connectivity index (χ0n) is 20.4. The van der Waals surface area contributed by atoms with Gasteiger partial charge in [0.2, 0.25) is 5.91 Å².